The quantitative estimate of drug-likeness (QED) is 0.878. The minimum absolute atomic E-state index is 0.0114. The van der Waals surface area contributed by atoms with Gasteiger partial charge >= 0.3 is 0 Å². The first-order valence-electron chi connectivity index (χ1n) is 7.40. The highest BCUT2D eigenvalue weighted by Crippen LogP contribution is 2.37. The van der Waals surface area contributed by atoms with Crippen molar-refractivity contribution >= 4 is 0 Å². The Balaban J connectivity index is 1.82. The number of rotatable bonds is 5. The lowest BCUT2D eigenvalue weighted by atomic mass is 9.86. The van der Waals surface area contributed by atoms with Gasteiger partial charge in [0.05, 0.1) is 6.04 Å². The van der Waals surface area contributed by atoms with Gasteiger partial charge in [0.2, 0.25) is 11.7 Å². The molecular formula is C14H22N6O. The van der Waals surface area contributed by atoms with E-state index in [1.807, 2.05) is 0 Å². The van der Waals surface area contributed by atoms with E-state index in [2.05, 4.69) is 58.3 Å². The second-order valence-corrected chi connectivity index (χ2v) is 6.88. The normalized spacial score (nSPS) is 18.7. The molecule has 1 aliphatic carbocycles. The number of aromatic nitrogens is 5. The summed E-state index contributed by atoms with van der Waals surface area (Å²) < 4.78 is 5.47. The predicted octanol–water partition coefficient (Wildman–Crippen LogP) is 2.33. The Morgan fingerprint density at radius 2 is 2.14 bits per heavy atom. The summed E-state index contributed by atoms with van der Waals surface area (Å²) in [6.07, 6.45) is 4.04. The number of hydrogen-bond donors (Lipinski definition) is 2. The first-order chi connectivity index (χ1) is 9.95. The first kappa shape index (κ1) is 14.2. The minimum atomic E-state index is -0.0195. The van der Waals surface area contributed by atoms with E-state index < -0.39 is 0 Å². The van der Waals surface area contributed by atoms with E-state index in [1.165, 1.54) is 19.2 Å². The van der Waals surface area contributed by atoms with E-state index in [-0.39, 0.29) is 11.5 Å². The van der Waals surface area contributed by atoms with Crippen LogP contribution in [0, 0.1) is 11.3 Å². The second kappa shape index (κ2) is 5.22. The predicted molar refractivity (Wildman–Crippen MR) is 77.2 cm³/mol. The van der Waals surface area contributed by atoms with Crippen molar-refractivity contribution in [3.05, 3.63) is 12.2 Å². The fraction of sp³-hybridized carbons (Fsp3) is 0.714. The molecule has 2 aromatic rings. The standard InChI is InChI=1S/C14H22N6O/c1-8(9-5-6-9)17-10(14(2,3)4)13-18-12(20-21-13)11-15-7-16-19-11/h7-10,17H,5-6H2,1-4H3,(H,15,16,19)/t8-,10-/m1/s1. The van der Waals surface area contributed by atoms with Crippen LogP contribution >= 0.6 is 0 Å². The Labute approximate surface area is 123 Å². The van der Waals surface area contributed by atoms with Crippen molar-refractivity contribution in [3.63, 3.8) is 0 Å². The Kier molecular flexibility index (Phi) is 3.52. The van der Waals surface area contributed by atoms with Crippen LogP contribution in [-0.4, -0.2) is 31.4 Å². The molecule has 1 fully saturated rings. The second-order valence-electron chi connectivity index (χ2n) is 6.88. The maximum absolute atomic E-state index is 5.47. The van der Waals surface area contributed by atoms with E-state index in [0.717, 1.165) is 5.92 Å². The highest BCUT2D eigenvalue weighted by Gasteiger charge is 2.36. The van der Waals surface area contributed by atoms with Crippen LogP contribution in [0.3, 0.4) is 0 Å². The number of aromatic amines is 1. The molecule has 7 heteroatoms. The van der Waals surface area contributed by atoms with Gasteiger partial charge in [0.25, 0.3) is 0 Å². The molecule has 2 N–H and O–H groups in total. The molecule has 1 aliphatic rings. The van der Waals surface area contributed by atoms with Gasteiger partial charge in [0.1, 0.15) is 6.33 Å². The average Bonchev–Trinajstić information content (AvgIpc) is 2.93. The van der Waals surface area contributed by atoms with Crippen molar-refractivity contribution in [1.29, 1.82) is 0 Å². The van der Waals surface area contributed by atoms with Crippen LogP contribution < -0.4 is 5.32 Å². The zero-order chi connectivity index (χ0) is 15.0. The third-order valence-corrected chi connectivity index (χ3v) is 3.94. The zero-order valence-corrected chi connectivity index (χ0v) is 12.9. The lowest BCUT2D eigenvalue weighted by Gasteiger charge is -2.31. The van der Waals surface area contributed by atoms with Crippen molar-refractivity contribution in [1.82, 2.24) is 30.6 Å². The van der Waals surface area contributed by atoms with Crippen molar-refractivity contribution in [2.75, 3.05) is 0 Å². The number of H-pyrrole nitrogens is 1. The van der Waals surface area contributed by atoms with Crippen molar-refractivity contribution in [3.8, 4) is 11.6 Å². The van der Waals surface area contributed by atoms with Gasteiger partial charge in [-0.15, -0.1) is 0 Å². The van der Waals surface area contributed by atoms with Crippen LogP contribution in [0.1, 0.15) is 52.5 Å². The maximum atomic E-state index is 5.47. The highest BCUT2D eigenvalue weighted by atomic mass is 16.5. The molecule has 3 rings (SSSR count). The molecule has 21 heavy (non-hydrogen) atoms. The Bertz CT molecular complexity index is 581. The Morgan fingerprint density at radius 1 is 1.38 bits per heavy atom. The van der Waals surface area contributed by atoms with Crippen LogP contribution in [0.4, 0.5) is 0 Å². The SMILES string of the molecule is C[C@@H](N[C@H](c1nc(-c2ncn[nH]2)no1)C(C)(C)C)C1CC1. The van der Waals surface area contributed by atoms with E-state index in [9.17, 15) is 0 Å². The van der Waals surface area contributed by atoms with Crippen LogP contribution in [0.15, 0.2) is 10.9 Å². The summed E-state index contributed by atoms with van der Waals surface area (Å²) in [5.74, 6) is 2.33. The van der Waals surface area contributed by atoms with Crippen LogP contribution in [0.5, 0.6) is 0 Å². The molecule has 0 unspecified atom stereocenters. The summed E-state index contributed by atoms with van der Waals surface area (Å²) in [7, 11) is 0. The van der Waals surface area contributed by atoms with E-state index in [0.29, 0.717) is 23.6 Å². The molecular weight excluding hydrogens is 268 g/mol. The summed E-state index contributed by atoms with van der Waals surface area (Å²) >= 11 is 0. The first-order valence-corrected chi connectivity index (χ1v) is 7.40. The van der Waals surface area contributed by atoms with Gasteiger partial charge in [0.15, 0.2) is 5.82 Å². The van der Waals surface area contributed by atoms with Gasteiger partial charge in [-0.05, 0) is 31.1 Å². The fourth-order valence-corrected chi connectivity index (χ4v) is 2.45. The van der Waals surface area contributed by atoms with Crippen molar-refractivity contribution < 1.29 is 4.52 Å². The smallest absolute Gasteiger partial charge is 0.244 e. The molecule has 2 atom stereocenters. The van der Waals surface area contributed by atoms with Gasteiger partial charge in [-0.2, -0.15) is 10.1 Å². The molecule has 0 aliphatic heterocycles. The summed E-state index contributed by atoms with van der Waals surface area (Å²) in [4.78, 5) is 8.53. The molecule has 0 saturated heterocycles. The number of nitrogens with one attached hydrogen (secondary N) is 2. The summed E-state index contributed by atoms with van der Waals surface area (Å²) in [5, 5.41) is 14.2. The summed E-state index contributed by atoms with van der Waals surface area (Å²) in [6.45, 7) is 8.73. The molecule has 0 spiro atoms. The van der Waals surface area contributed by atoms with Gasteiger partial charge < -0.3 is 9.84 Å². The summed E-state index contributed by atoms with van der Waals surface area (Å²) in [6, 6.07) is 0.465. The zero-order valence-electron chi connectivity index (χ0n) is 12.9. The third-order valence-electron chi connectivity index (χ3n) is 3.94. The number of hydrogen-bond acceptors (Lipinski definition) is 6. The van der Waals surface area contributed by atoms with Gasteiger partial charge in [-0.3, -0.25) is 5.10 Å². The fourth-order valence-electron chi connectivity index (χ4n) is 2.45. The molecule has 1 saturated carbocycles. The maximum Gasteiger partial charge on any atom is 0.244 e. The monoisotopic (exact) mass is 290 g/mol. The van der Waals surface area contributed by atoms with E-state index in [1.54, 1.807) is 0 Å². The van der Waals surface area contributed by atoms with Gasteiger partial charge in [-0.1, -0.05) is 25.9 Å². The lowest BCUT2D eigenvalue weighted by molar-refractivity contribution is 0.194. The van der Waals surface area contributed by atoms with Crippen LogP contribution in [0.2, 0.25) is 0 Å². The Morgan fingerprint density at radius 3 is 2.71 bits per heavy atom. The van der Waals surface area contributed by atoms with Crippen LogP contribution in [0.25, 0.3) is 11.6 Å². The topological polar surface area (TPSA) is 92.5 Å². The molecule has 0 aromatic carbocycles. The molecule has 0 radical (unpaired) electrons. The molecule has 2 heterocycles. The largest absolute Gasteiger partial charge is 0.337 e. The molecule has 2 aromatic heterocycles. The van der Waals surface area contributed by atoms with E-state index >= 15 is 0 Å². The van der Waals surface area contributed by atoms with E-state index in [4.69, 9.17) is 4.52 Å². The van der Waals surface area contributed by atoms with Crippen LogP contribution in [-0.2, 0) is 0 Å². The van der Waals surface area contributed by atoms with Gasteiger partial charge in [0, 0.05) is 6.04 Å². The summed E-state index contributed by atoms with van der Waals surface area (Å²) in [5.41, 5.74) is -0.0195. The molecule has 0 bridgehead atoms. The molecule has 7 nitrogen and oxygen atoms in total. The highest BCUT2D eigenvalue weighted by molar-refractivity contribution is 5.39. The Hall–Kier alpha value is -1.76. The molecule has 114 valence electrons. The minimum Gasteiger partial charge on any atom is -0.337 e. The molecule has 0 amide bonds. The van der Waals surface area contributed by atoms with Gasteiger partial charge in [-0.25, -0.2) is 4.98 Å². The van der Waals surface area contributed by atoms with Crippen molar-refractivity contribution in [2.24, 2.45) is 11.3 Å². The average molecular weight is 290 g/mol. The lowest BCUT2D eigenvalue weighted by Crippen LogP contribution is -2.39. The van der Waals surface area contributed by atoms with Crippen molar-refractivity contribution in [2.45, 2.75) is 52.6 Å². The number of nitrogens with zero attached hydrogens (tertiary/aromatic N) is 4. The third kappa shape index (κ3) is 3.12.